The zero-order valence-corrected chi connectivity index (χ0v) is 12.7. The van der Waals surface area contributed by atoms with Crippen LogP contribution in [0.5, 0.6) is 0 Å². The fraction of sp³-hybridized carbons (Fsp3) is 0.750. The molecule has 0 saturated carbocycles. The van der Waals surface area contributed by atoms with E-state index in [9.17, 15) is 0 Å². The van der Waals surface area contributed by atoms with Crippen LogP contribution >= 0.6 is 11.3 Å². The molecule has 0 fully saturated rings. The molecule has 0 unspecified atom stereocenters. The second kappa shape index (κ2) is 6.68. The van der Waals surface area contributed by atoms with Gasteiger partial charge in [0.1, 0.15) is 10.0 Å². The maximum atomic E-state index is 4.47. The highest BCUT2D eigenvalue weighted by atomic mass is 32.1. The van der Waals surface area contributed by atoms with Gasteiger partial charge in [0.15, 0.2) is 5.96 Å². The zero-order valence-electron chi connectivity index (χ0n) is 11.9. The van der Waals surface area contributed by atoms with Gasteiger partial charge in [0.05, 0.1) is 6.54 Å². The van der Waals surface area contributed by atoms with E-state index in [4.69, 9.17) is 0 Å². The first-order valence-electron chi connectivity index (χ1n) is 6.32. The van der Waals surface area contributed by atoms with E-state index in [1.807, 2.05) is 0 Å². The maximum Gasteiger partial charge on any atom is 0.191 e. The van der Waals surface area contributed by atoms with Gasteiger partial charge < -0.3 is 10.6 Å². The summed E-state index contributed by atoms with van der Waals surface area (Å²) in [5, 5.41) is 16.8. The quantitative estimate of drug-likeness (QED) is 0.647. The summed E-state index contributed by atoms with van der Waals surface area (Å²) in [6.07, 6.45) is 0. The molecule has 0 aliphatic rings. The molecule has 2 N–H and O–H groups in total. The Morgan fingerprint density at radius 2 is 1.78 bits per heavy atom. The molecule has 1 aromatic heterocycles. The zero-order chi connectivity index (χ0) is 13.6. The van der Waals surface area contributed by atoms with Gasteiger partial charge >= 0.3 is 0 Å². The number of guanidine groups is 1. The molecular weight excluding hydrogens is 246 g/mol. The summed E-state index contributed by atoms with van der Waals surface area (Å²) in [5.74, 6) is 0.826. The summed E-state index contributed by atoms with van der Waals surface area (Å²) in [6, 6.07) is 0. The third-order valence-electron chi connectivity index (χ3n) is 2.17. The molecule has 0 amide bonds. The van der Waals surface area contributed by atoms with E-state index in [1.165, 1.54) is 0 Å². The minimum absolute atomic E-state index is 0.0613. The minimum Gasteiger partial charge on any atom is -0.357 e. The van der Waals surface area contributed by atoms with Crippen molar-refractivity contribution < 1.29 is 0 Å². The Labute approximate surface area is 113 Å². The molecule has 0 aromatic carbocycles. The van der Waals surface area contributed by atoms with Crippen molar-refractivity contribution in [1.29, 1.82) is 0 Å². The van der Waals surface area contributed by atoms with Gasteiger partial charge in [0.2, 0.25) is 0 Å². The van der Waals surface area contributed by atoms with Crippen LogP contribution in [0.4, 0.5) is 0 Å². The smallest absolute Gasteiger partial charge is 0.191 e. The van der Waals surface area contributed by atoms with Crippen LogP contribution in [-0.4, -0.2) is 29.2 Å². The number of nitrogens with zero attached hydrogens (tertiary/aromatic N) is 3. The molecule has 1 aromatic rings. The highest BCUT2D eigenvalue weighted by Gasteiger charge is 2.19. The molecule has 0 spiro atoms. The Hall–Kier alpha value is -1.17. The summed E-state index contributed by atoms with van der Waals surface area (Å²) in [6.45, 7) is 12.8. The third-order valence-corrected chi connectivity index (χ3v) is 3.50. The van der Waals surface area contributed by atoms with Crippen LogP contribution in [0.25, 0.3) is 0 Å². The minimum atomic E-state index is 0.0613. The monoisotopic (exact) mass is 269 g/mol. The number of nitrogens with one attached hydrogen (secondary N) is 2. The number of aromatic nitrogens is 2. The molecule has 0 aliphatic heterocycles. The molecule has 0 radical (unpaired) electrons. The van der Waals surface area contributed by atoms with Crippen LogP contribution in [0.1, 0.15) is 44.6 Å². The molecule has 0 saturated heterocycles. The summed E-state index contributed by atoms with van der Waals surface area (Å²) in [7, 11) is 0. The van der Waals surface area contributed by atoms with Crippen LogP contribution in [0.3, 0.4) is 0 Å². The van der Waals surface area contributed by atoms with E-state index in [1.54, 1.807) is 11.3 Å². The van der Waals surface area contributed by atoms with Crippen LogP contribution < -0.4 is 10.6 Å². The Morgan fingerprint density at radius 1 is 1.17 bits per heavy atom. The van der Waals surface area contributed by atoms with Crippen molar-refractivity contribution in [1.82, 2.24) is 20.8 Å². The van der Waals surface area contributed by atoms with E-state index < -0.39 is 0 Å². The molecule has 18 heavy (non-hydrogen) atoms. The third kappa shape index (κ3) is 4.60. The normalized spacial score (nSPS) is 11.2. The topological polar surface area (TPSA) is 62.2 Å². The van der Waals surface area contributed by atoms with Gasteiger partial charge in [-0.1, -0.05) is 32.1 Å². The van der Waals surface area contributed by atoms with Gasteiger partial charge in [-0.2, -0.15) is 0 Å². The molecule has 0 atom stereocenters. The van der Waals surface area contributed by atoms with E-state index in [0.717, 1.165) is 29.1 Å². The van der Waals surface area contributed by atoms with Crippen LogP contribution in [0, 0.1) is 0 Å². The summed E-state index contributed by atoms with van der Waals surface area (Å²) >= 11 is 1.63. The summed E-state index contributed by atoms with van der Waals surface area (Å²) < 4.78 is 0. The van der Waals surface area contributed by atoms with Crippen molar-refractivity contribution in [3.63, 3.8) is 0 Å². The molecular formula is C12H23N5S. The van der Waals surface area contributed by atoms with Crippen molar-refractivity contribution in [2.45, 2.75) is 46.6 Å². The summed E-state index contributed by atoms with van der Waals surface area (Å²) in [4.78, 5) is 4.47. The van der Waals surface area contributed by atoms with Crippen molar-refractivity contribution in [3.8, 4) is 0 Å². The molecule has 0 aliphatic carbocycles. The van der Waals surface area contributed by atoms with Gasteiger partial charge in [-0.25, -0.2) is 4.99 Å². The number of rotatable bonds is 4. The average Bonchev–Trinajstić information content (AvgIpc) is 2.75. The van der Waals surface area contributed by atoms with E-state index in [2.05, 4.69) is 60.4 Å². The molecule has 0 bridgehead atoms. The van der Waals surface area contributed by atoms with Crippen molar-refractivity contribution in [3.05, 3.63) is 10.0 Å². The molecule has 102 valence electrons. The van der Waals surface area contributed by atoms with E-state index in [-0.39, 0.29) is 5.41 Å². The average molecular weight is 269 g/mol. The first kappa shape index (κ1) is 14.9. The van der Waals surface area contributed by atoms with Crippen molar-refractivity contribution >= 4 is 17.3 Å². The Balaban J connectivity index is 2.66. The first-order chi connectivity index (χ1) is 8.47. The lowest BCUT2D eigenvalue weighted by atomic mass is 9.98. The highest BCUT2D eigenvalue weighted by Crippen LogP contribution is 2.25. The Bertz CT molecular complexity index is 383. The second-order valence-corrected chi connectivity index (χ2v) is 6.04. The SMILES string of the molecule is CCNC(=NCc1nnc(C(C)(C)C)s1)NCC. The fourth-order valence-electron chi connectivity index (χ4n) is 1.28. The lowest BCUT2D eigenvalue weighted by molar-refractivity contribution is 0.577. The van der Waals surface area contributed by atoms with Crippen LogP contribution in [0.2, 0.25) is 0 Å². The molecule has 5 nitrogen and oxygen atoms in total. The number of hydrogen-bond donors (Lipinski definition) is 2. The van der Waals surface area contributed by atoms with Crippen LogP contribution in [0.15, 0.2) is 4.99 Å². The fourth-order valence-corrected chi connectivity index (χ4v) is 2.10. The molecule has 6 heteroatoms. The van der Waals surface area contributed by atoms with Gasteiger partial charge in [0, 0.05) is 18.5 Å². The Kier molecular flexibility index (Phi) is 5.53. The molecule has 1 rings (SSSR count). The predicted molar refractivity (Wildman–Crippen MR) is 77.1 cm³/mol. The largest absolute Gasteiger partial charge is 0.357 e. The maximum absolute atomic E-state index is 4.47. The molecule has 1 heterocycles. The number of hydrogen-bond acceptors (Lipinski definition) is 4. The second-order valence-electron chi connectivity index (χ2n) is 4.98. The van der Waals surface area contributed by atoms with Gasteiger partial charge in [-0.3, -0.25) is 0 Å². The van der Waals surface area contributed by atoms with Crippen molar-refractivity contribution in [2.24, 2.45) is 4.99 Å². The van der Waals surface area contributed by atoms with Gasteiger partial charge in [-0.15, -0.1) is 10.2 Å². The predicted octanol–water partition coefficient (Wildman–Crippen LogP) is 1.91. The van der Waals surface area contributed by atoms with E-state index >= 15 is 0 Å². The lowest BCUT2D eigenvalue weighted by Crippen LogP contribution is -2.36. The van der Waals surface area contributed by atoms with E-state index in [0.29, 0.717) is 6.54 Å². The lowest BCUT2D eigenvalue weighted by Gasteiger charge is -2.12. The van der Waals surface area contributed by atoms with Crippen molar-refractivity contribution in [2.75, 3.05) is 13.1 Å². The standard InChI is InChI=1S/C12H23N5S/c1-6-13-11(14-7-2)15-8-9-16-17-10(18-9)12(3,4)5/h6-8H2,1-5H3,(H2,13,14,15). The van der Waals surface area contributed by atoms with Gasteiger partial charge in [-0.05, 0) is 13.8 Å². The highest BCUT2D eigenvalue weighted by molar-refractivity contribution is 7.11. The van der Waals surface area contributed by atoms with Gasteiger partial charge in [0.25, 0.3) is 0 Å². The Morgan fingerprint density at radius 3 is 2.22 bits per heavy atom. The first-order valence-corrected chi connectivity index (χ1v) is 7.14. The number of aliphatic imine (C=N–C) groups is 1. The van der Waals surface area contributed by atoms with Crippen LogP contribution in [-0.2, 0) is 12.0 Å². The summed E-state index contributed by atoms with van der Waals surface area (Å²) in [5.41, 5.74) is 0.0613.